The summed E-state index contributed by atoms with van der Waals surface area (Å²) >= 11 is 1.51. The van der Waals surface area contributed by atoms with E-state index < -0.39 is 17.7 Å². The van der Waals surface area contributed by atoms with E-state index in [9.17, 15) is 14.7 Å². The fraction of sp³-hybridized carbons (Fsp3) is 0.167. The Hall–Kier alpha value is -1.56. The number of carbonyl (C=O) groups is 2. The van der Waals surface area contributed by atoms with Gasteiger partial charge in [0.2, 0.25) is 0 Å². The first-order valence-corrected chi connectivity index (χ1v) is 5.79. The highest BCUT2D eigenvalue weighted by molar-refractivity contribution is 7.17. The van der Waals surface area contributed by atoms with Gasteiger partial charge in [0.05, 0.1) is 0 Å². The quantitative estimate of drug-likeness (QED) is 0.690. The standard InChI is InChI=1S/C11H6O3S.CH4O/c12-9-6-3-5-1-2-15-8(5)4-7(6)10(13)11(9)14;1-2/h1-4,11,14H;2H,1H3. The van der Waals surface area contributed by atoms with E-state index in [1.54, 1.807) is 12.1 Å². The Bertz CT molecular complexity index is 550. The zero-order valence-corrected chi connectivity index (χ0v) is 9.82. The van der Waals surface area contributed by atoms with E-state index >= 15 is 0 Å². The van der Waals surface area contributed by atoms with Crippen molar-refractivity contribution in [1.82, 2.24) is 0 Å². The first-order chi connectivity index (χ1) is 8.18. The number of benzene rings is 1. The first kappa shape index (κ1) is 11.9. The molecular formula is C12H10O4S. The lowest BCUT2D eigenvalue weighted by atomic mass is 10.1. The topological polar surface area (TPSA) is 74.6 Å². The van der Waals surface area contributed by atoms with Crippen molar-refractivity contribution < 1.29 is 19.8 Å². The average Bonchev–Trinajstić information content (AvgIpc) is 2.90. The molecule has 0 aliphatic heterocycles. The summed E-state index contributed by atoms with van der Waals surface area (Å²) in [6.45, 7) is 0. The number of carbonyl (C=O) groups excluding carboxylic acids is 2. The van der Waals surface area contributed by atoms with E-state index in [-0.39, 0.29) is 0 Å². The Balaban J connectivity index is 0.000000514. The van der Waals surface area contributed by atoms with Crippen molar-refractivity contribution in [2.75, 3.05) is 7.11 Å². The summed E-state index contributed by atoms with van der Waals surface area (Å²) in [5, 5.41) is 19.2. The van der Waals surface area contributed by atoms with E-state index in [2.05, 4.69) is 0 Å². The molecule has 1 heterocycles. The average molecular weight is 250 g/mol. The van der Waals surface area contributed by atoms with E-state index in [0.717, 1.165) is 17.2 Å². The molecule has 17 heavy (non-hydrogen) atoms. The largest absolute Gasteiger partial charge is 0.400 e. The summed E-state index contributed by atoms with van der Waals surface area (Å²) in [6, 6.07) is 5.26. The van der Waals surface area contributed by atoms with Crippen molar-refractivity contribution >= 4 is 33.0 Å². The van der Waals surface area contributed by atoms with Crippen LogP contribution in [-0.4, -0.2) is 35.0 Å². The number of ketones is 2. The Morgan fingerprint density at radius 3 is 2.35 bits per heavy atom. The van der Waals surface area contributed by atoms with Crippen LogP contribution in [0.3, 0.4) is 0 Å². The third-order valence-corrected chi connectivity index (χ3v) is 3.50. The molecule has 2 aromatic rings. The van der Waals surface area contributed by atoms with Crippen LogP contribution in [0.5, 0.6) is 0 Å². The highest BCUT2D eigenvalue weighted by Gasteiger charge is 2.37. The van der Waals surface area contributed by atoms with Crippen LogP contribution in [-0.2, 0) is 0 Å². The molecule has 88 valence electrons. The van der Waals surface area contributed by atoms with Gasteiger partial charge in [-0.25, -0.2) is 0 Å². The Morgan fingerprint density at radius 1 is 1.12 bits per heavy atom. The van der Waals surface area contributed by atoms with E-state index in [1.165, 1.54) is 11.3 Å². The van der Waals surface area contributed by atoms with Gasteiger partial charge in [0.15, 0.2) is 17.7 Å². The number of aliphatic hydroxyl groups excluding tert-OH is 2. The predicted octanol–water partition coefficient (Wildman–Crippen LogP) is 1.25. The first-order valence-electron chi connectivity index (χ1n) is 4.91. The molecule has 5 heteroatoms. The van der Waals surface area contributed by atoms with Gasteiger partial charge in [0.25, 0.3) is 0 Å². The number of rotatable bonds is 0. The van der Waals surface area contributed by atoms with Gasteiger partial charge in [-0.3, -0.25) is 9.59 Å². The van der Waals surface area contributed by atoms with Crippen molar-refractivity contribution in [1.29, 1.82) is 0 Å². The fourth-order valence-corrected chi connectivity index (χ4v) is 2.64. The molecule has 0 radical (unpaired) electrons. The third kappa shape index (κ3) is 1.68. The normalized spacial score (nSPS) is 17.9. The Morgan fingerprint density at radius 2 is 1.71 bits per heavy atom. The molecule has 1 aliphatic rings. The Kier molecular flexibility index (Phi) is 3.06. The lowest BCUT2D eigenvalue weighted by Crippen LogP contribution is -2.20. The number of thiophene rings is 1. The Labute approximate surface area is 101 Å². The SMILES string of the molecule is CO.O=C1c2cc3ccsc3cc2C(=O)C1O. The molecule has 2 N–H and O–H groups in total. The zero-order chi connectivity index (χ0) is 12.6. The van der Waals surface area contributed by atoms with E-state index in [4.69, 9.17) is 5.11 Å². The van der Waals surface area contributed by atoms with Gasteiger partial charge in [-0.05, 0) is 29.0 Å². The molecule has 1 atom stereocenters. The lowest BCUT2D eigenvalue weighted by molar-refractivity contribution is 0.0663. The van der Waals surface area contributed by atoms with Gasteiger partial charge >= 0.3 is 0 Å². The second kappa shape index (κ2) is 4.37. The summed E-state index contributed by atoms with van der Waals surface area (Å²) in [5.41, 5.74) is 0.695. The van der Waals surface area contributed by atoms with Gasteiger partial charge in [-0.2, -0.15) is 0 Å². The minimum Gasteiger partial charge on any atom is -0.400 e. The van der Waals surface area contributed by atoms with Crippen LogP contribution in [0.1, 0.15) is 20.7 Å². The molecule has 1 unspecified atom stereocenters. The van der Waals surface area contributed by atoms with Crippen molar-refractivity contribution in [3.63, 3.8) is 0 Å². The van der Waals surface area contributed by atoms with E-state index in [1.807, 2.05) is 11.4 Å². The van der Waals surface area contributed by atoms with Crippen LogP contribution in [0.15, 0.2) is 23.6 Å². The molecular weight excluding hydrogens is 240 g/mol. The maximum Gasteiger partial charge on any atom is 0.200 e. The molecule has 0 saturated heterocycles. The van der Waals surface area contributed by atoms with Crippen LogP contribution >= 0.6 is 11.3 Å². The predicted molar refractivity (Wildman–Crippen MR) is 64.6 cm³/mol. The molecule has 0 amide bonds. The minimum atomic E-state index is -1.49. The van der Waals surface area contributed by atoms with Crippen molar-refractivity contribution in [2.45, 2.75) is 6.10 Å². The molecule has 1 aromatic heterocycles. The smallest absolute Gasteiger partial charge is 0.200 e. The van der Waals surface area contributed by atoms with Gasteiger partial charge in [0.1, 0.15) is 0 Å². The number of fused-ring (bicyclic) bond motifs is 2. The highest BCUT2D eigenvalue weighted by Crippen LogP contribution is 2.30. The molecule has 0 bridgehead atoms. The summed E-state index contributed by atoms with van der Waals surface area (Å²) in [5.74, 6) is -0.964. The fourth-order valence-electron chi connectivity index (χ4n) is 1.83. The molecule has 1 aliphatic carbocycles. The summed E-state index contributed by atoms with van der Waals surface area (Å²) in [7, 11) is 1.00. The minimum absolute atomic E-state index is 0.346. The van der Waals surface area contributed by atoms with Crippen LogP contribution in [0, 0.1) is 0 Å². The van der Waals surface area contributed by atoms with Gasteiger partial charge in [-0.1, -0.05) is 0 Å². The van der Waals surface area contributed by atoms with Crippen LogP contribution in [0.4, 0.5) is 0 Å². The lowest BCUT2D eigenvalue weighted by Gasteiger charge is -1.95. The summed E-state index contributed by atoms with van der Waals surface area (Å²) < 4.78 is 0.962. The van der Waals surface area contributed by atoms with Crippen molar-refractivity contribution in [2.24, 2.45) is 0 Å². The van der Waals surface area contributed by atoms with E-state index in [0.29, 0.717) is 11.1 Å². The molecule has 4 nitrogen and oxygen atoms in total. The van der Waals surface area contributed by atoms with Gasteiger partial charge in [-0.15, -0.1) is 11.3 Å². The molecule has 0 spiro atoms. The van der Waals surface area contributed by atoms with Gasteiger partial charge < -0.3 is 10.2 Å². The molecule has 3 rings (SSSR count). The van der Waals surface area contributed by atoms with Crippen molar-refractivity contribution in [3.05, 3.63) is 34.7 Å². The zero-order valence-electron chi connectivity index (χ0n) is 9.01. The molecule has 1 aromatic carbocycles. The van der Waals surface area contributed by atoms with Crippen LogP contribution in [0.2, 0.25) is 0 Å². The molecule has 0 saturated carbocycles. The number of Topliss-reactive ketones (excluding diaryl/α,β-unsaturated/α-hetero) is 2. The monoisotopic (exact) mass is 250 g/mol. The number of hydrogen-bond donors (Lipinski definition) is 2. The maximum atomic E-state index is 11.5. The summed E-state index contributed by atoms with van der Waals surface area (Å²) in [4.78, 5) is 23.0. The molecule has 0 fully saturated rings. The van der Waals surface area contributed by atoms with Crippen LogP contribution < -0.4 is 0 Å². The maximum absolute atomic E-state index is 11.5. The summed E-state index contributed by atoms with van der Waals surface area (Å²) in [6.07, 6.45) is -1.49. The highest BCUT2D eigenvalue weighted by atomic mass is 32.1. The second-order valence-corrected chi connectivity index (χ2v) is 4.43. The van der Waals surface area contributed by atoms with Crippen LogP contribution in [0.25, 0.3) is 10.1 Å². The van der Waals surface area contributed by atoms with Gasteiger partial charge in [0, 0.05) is 22.9 Å². The number of hydrogen-bond acceptors (Lipinski definition) is 5. The number of aliphatic hydroxyl groups is 2. The second-order valence-electron chi connectivity index (χ2n) is 3.49. The van der Waals surface area contributed by atoms with Crippen molar-refractivity contribution in [3.8, 4) is 0 Å². The third-order valence-electron chi connectivity index (χ3n) is 2.62.